The number of ketones is 1. The molecule has 2 nitrogen and oxygen atoms in total. The lowest BCUT2D eigenvalue weighted by Crippen LogP contribution is -2.09. The standard InChI is InChI=1S/C17H19NO/c1-3-4-5-12-18-13-6-7-16(18)17(19)15-10-8-14(2)9-11-15/h3,6-11,13H,1,4-5,12H2,2H3. The molecule has 0 aliphatic rings. The van der Waals surface area contributed by atoms with Crippen molar-refractivity contribution in [3.05, 3.63) is 72.1 Å². The summed E-state index contributed by atoms with van der Waals surface area (Å²) in [5.74, 6) is 0.0867. The van der Waals surface area contributed by atoms with Gasteiger partial charge in [0.25, 0.3) is 0 Å². The molecule has 19 heavy (non-hydrogen) atoms. The van der Waals surface area contributed by atoms with Gasteiger partial charge >= 0.3 is 0 Å². The van der Waals surface area contributed by atoms with E-state index in [9.17, 15) is 4.79 Å². The number of rotatable bonds is 6. The number of aromatic nitrogens is 1. The third kappa shape index (κ3) is 3.22. The second-order valence-electron chi connectivity index (χ2n) is 4.71. The average Bonchev–Trinajstić information content (AvgIpc) is 2.87. The molecular formula is C17H19NO. The molecule has 0 amide bonds. The quantitative estimate of drug-likeness (QED) is 0.433. The molecule has 0 N–H and O–H groups in total. The van der Waals surface area contributed by atoms with Crippen molar-refractivity contribution in [3.8, 4) is 0 Å². The molecule has 0 atom stereocenters. The van der Waals surface area contributed by atoms with Gasteiger partial charge in [-0.15, -0.1) is 6.58 Å². The number of hydrogen-bond acceptors (Lipinski definition) is 1. The van der Waals surface area contributed by atoms with Crippen LogP contribution < -0.4 is 0 Å². The van der Waals surface area contributed by atoms with Gasteiger partial charge in [-0.1, -0.05) is 35.9 Å². The number of nitrogens with zero attached hydrogens (tertiary/aromatic N) is 1. The van der Waals surface area contributed by atoms with Gasteiger partial charge in [-0.3, -0.25) is 4.79 Å². The van der Waals surface area contributed by atoms with E-state index >= 15 is 0 Å². The van der Waals surface area contributed by atoms with Crippen LogP contribution in [0.15, 0.2) is 55.3 Å². The zero-order valence-corrected chi connectivity index (χ0v) is 11.3. The van der Waals surface area contributed by atoms with E-state index in [1.54, 1.807) is 0 Å². The van der Waals surface area contributed by atoms with Crippen molar-refractivity contribution >= 4 is 5.78 Å². The van der Waals surface area contributed by atoms with Crippen LogP contribution in [0.1, 0.15) is 34.5 Å². The predicted molar refractivity (Wildman–Crippen MR) is 78.5 cm³/mol. The maximum absolute atomic E-state index is 12.4. The lowest BCUT2D eigenvalue weighted by molar-refractivity contribution is 0.103. The second-order valence-corrected chi connectivity index (χ2v) is 4.71. The van der Waals surface area contributed by atoms with E-state index in [1.165, 1.54) is 0 Å². The summed E-state index contributed by atoms with van der Waals surface area (Å²) in [7, 11) is 0. The summed E-state index contributed by atoms with van der Waals surface area (Å²) in [5, 5.41) is 0. The van der Waals surface area contributed by atoms with Crippen LogP contribution in [0.5, 0.6) is 0 Å². The molecule has 0 saturated heterocycles. The minimum atomic E-state index is 0.0867. The molecule has 1 aromatic heterocycles. The van der Waals surface area contributed by atoms with Crippen LogP contribution in [0.25, 0.3) is 0 Å². The fourth-order valence-electron chi connectivity index (χ4n) is 2.07. The summed E-state index contributed by atoms with van der Waals surface area (Å²) in [6, 6.07) is 11.5. The van der Waals surface area contributed by atoms with Crippen LogP contribution in [0.3, 0.4) is 0 Å². The second kappa shape index (κ2) is 6.19. The Labute approximate surface area is 114 Å². The van der Waals surface area contributed by atoms with E-state index < -0.39 is 0 Å². The van der Waals surface area contributed by atoms with Crippen molar-refractivity contribution in [1.82, 2.24) is 4.57 Å². The molecule has 0 bridgehead atoms. The highest BCUT2D eigenvalue weighted by atomic mass is 16.1. The van der Waals surface area contributed by atoms with E-state index in [4.69, 9.17) is 0 Å². The number of aryl methyl sites for hydroxylation is 2. The summed E-state index contributed by atoms with van der Waals surface area (Å²) in [6.07, 6.45) is 5.85. The van der Waals surface area contributed by atoms with Crippen LogP contribution >= 0.6 is 0 Å². The van der Waals surface area contributed by atoms with Crippen molar-refractivity contribution in [2.24, 2.45) is 0 Å². The number of carbonyl (C=O) groups excluding carboxylic acids is 1. The molecular weight excluding hydrogens is 234 g/mol. The average molecular weight is 253 g/mol. The highest BCUT2D eigenvalue weighted by Gasteiger charge is 2.12. The van der Waals surface area contributed by atoms with Crippen LogP contribution in [0.2, 0.25) is 0 Å². The minimum absolute atomic E-state index is 0.0867. The maximum atomic E-state index is 12.4. The zero-order valence-electron chi connectivity index (χ0n) is 11.3. The van der Waals surface area contributed by atoms with Crippen molar-refractivity contribution < 1.29 is 4.79 Å². The predicted octanol–water partition coefficient (Wildman–Crippen LogP) is 3.99. The van der Waals surface area contributed by atoms with E-state index in [2.05, 4.69) is 6.58 Å². The normalized spacial score (nSPS) is 10.4. The molecule has 0 aliphatic carbocycles. The van der Waals surface area contributed by atoms with Crippen LogP contribution in [-0.4, -0.2) is 10.4 Å². The van der Waals surface area contributed by atoms with Gasteiger partial charge in [0, 0.05) is 18.3 Å². The molecule has 2 heteroatoms. The summed E-state index contributed by atoms with van der Waals surface area (Å²) in [4.78, 5) is 12.4. The molecule has 1 heterocycles. The lowest BCUT2D eigenvalue weighted by Gasteiger charge is -2.08. The largest absolute Gasteiger partial charge is 0.345 e. The maximum Gasteiger partial charge on any atom is 0.209 e. The van der Waals surface area contributed by atoms with Gasteiger partial charge in [-0.25, -0.2) is 0 Å². The Morgan fingerprint density at radius 2 is 2.00 bits per heavy atom. The van der Waals surface area contributed by atoms with Gasteiger partial charge in [0.05, 0.1) is 5.69 Å². The Hall–Kier alpha value is -2.09. The van der Waals surface area contributed by atoms with E-state index in [0.717, 1.165) is 36.2 Å². The first kappa shape index (κ1) is 13.3. The fraction of sp³-hybridized carbons (Fsp3) is 0.235. The molecule has 0 fully saturated rings. The molecule has 0 radical (unpaired) electrons. The summed E-state index contributed by atoms with van der Waals surface area (Å²) in [5.41, 5.74) is 2.67. The summed E-state index contributed by atoms with van der Waals surface area (Å²) in [6.45, 7) is 6.59. The number of hydrogen-bond donors (Lipinski definition) is 0. The van der Waals surface area contributed by atoms with E-state index in [-0.39, 0.29) is 5.78 Å². The first-order valence-corrected chi connectivity index (χ1v) is 6.60. The van der Waals surface area contributed by atoms with Gasteiger partial charge in [0.2, 0.25) is 5.78 Å². The molecule has 0 saturated carbocycles. The van der Waals surface area contributed by atoms with Gasteiger partial charge in [-0.2, -0.15) is 0 Å². The summed E-state index contributed by atoms with van der Waals surface area (Å²) >= 11 is 0. The SMILES string of the molecule is C=CCCCn1cccc1C(=O)c1ccc(C)cc1. The van der Waals surface area contributed by atoms with E-state index in [0.29, 0.717) is 0 Å². The topological polar surface area (TPSA) is 22.0 Å². The van der Waals surface area contributed by atoms with Crippen molar-refractivity contribution in [3.63, 3.8) is 0 Å². The van der Waals surface area contributed by atoms with Crippen molar-refractivity contribution in [1.29, 1.82) is 0 Å². The van der Waals surface area contributed by atoms with Gasteiger partial charge in [-0.05, 0) is 31.9 Å². The third-order valence-electron chi connectivity index (χ3n) is 3.18. The molecule has 0 unspecified atom stereocenters. The molecule has 2 rings (SSSR count). The number of carbonyl (C=O) groups is 1. The monoisotopic (exact) mass is 253 g/mol. The Bertz CT molecular complexity index is 563. The Morgan fingerprint density at radius 3 is 2.68 bits per heavy atom. The fourth-order valence-corrected chi connectivity index (χ4v) is 2.07. The highest BCUT2D eigenvalue weighted by molar-refractivity contribution is 6.08. The number of allylic oxidation sites excluding steroid dienone is 1. The molecule has 1 aromatic carbocycles. The molecule has 2 aromatic rings. The molecule has 98 valence electrons. The minimum Gasteiger partial charge on any atom is -0.345 e. The van der Waals surface area contributed by atoms with Gasteiger partial charge < -0.3 is 4.57 Å². The van der Waals surface area contributed by atoms with Crippen LogP contribution in [0, 0.1) is 6.92 Å². The van der Waals surface area contributed by atoms with Crippen LogP contribution in [0.4, 0.5) is 0 Å². The lowest BCUT2D eigenvalue weighted by atomic mass is 10.1. The smallest absolute Gasteiger partial charge is 0.209 e. The van der Waals surface area contributed by atoms with Gasteiger partial charge in [0.1, 0.15) is 0 Å². The summed E-state index contributed by atoms with van der Waals surface area (Å²) < 4.78 is 2.02. The Kier molecular flexibility index (Phi) is 4.35. The zero-order chi connectivity index (χ0) is 13.7. The molecule has 0 spiro atoms. The number of unbranched alkanes of at least 4 members (excludes halogenated alkanes) is 1. The Balaban J connectivity index is 2.17. The third-order valence-corrected chi connectivity index (χ3v) is 3.18. The van der Waals surface area contributed by atoms with Crippen LogP contribution in [-0.2, 0) is 6.54 Å². The Morgan fingerprint density at radius 1 is 1.26 bits per heavy atom. The first-order chi connectivity index (χ1) is 9.22. The van der Waals surface area contributed by atoms with Crippen molar-refractivity contribution in [2.45, 2.75) is 26.3 Å². The first-order valence-electron chi connectivity index (χ1n) is 6.60. The van der Waals surface area contributed by atoms with Gasteiger partial charge in [0.15, 0.2) is 0 Å². The van der Waals surface area contributed by atoms with Crippen molar-refractivity contribution in [2.75, 3.05) is 0 Å². The number of benzene rings is 1. The highest BCUT2D eigenvalue weighted by Crippen LogP contribution is 2.13. The molecule has 0 aliphatic heterocycles. The van der Waals surface area contributed by atoms with E-state index in [1.807, 2.05) is 60.2 Å².